The van der Waals surface area contributed by atoms with E-state index in [1.807, 2.05) is 0 Å². The minimum atomic E-state index is 0. The van der Waals surface area contributed by atoms with Gasteiger partial charge in [0.1, 0.15) is 0 Å². The van der Waals surface area contributed by atoms with E-state index < -0.39 is 0 Å². The van der Waals surface area contributed by atoms with Crippen LogP contribution in [0.2, 0.25) is 0 Å². The Morgan fingerprint density at radius 1 is 1.67 bits per heavy atom. The fourth-order valence-electron chi connectivity index (χ4n) is 0. The zero-order chi connectivity index (χ0) is 3.58. The summed E-state index contributed by atoms with van der Waals surface area (Å²) in [6.07, 6.45) is 0. The van der Waals surface area contributed by atoms with Gasteiger partial charge in [-0.25, -0.2) is 13.5 Å². The van der Waals surface area contributed by atoms with Crippen LogP contribution in [0.25, 0.3) is 0 Å². The Labute approximate surface area is 70.0 Å². The first-order valence-corrected chi connectivity index (χ1v) is 1.69. The van der Waals surface area contributed by atoms with E-state index >= 15 is 0 Å². The Hall–Kier alpha value is 1.19. The maximum atomic E-state index is 3.36. The van der Waals surface area contributed by atoms with Gasteiger partial charge in [0.2, 0.25) is 0 Å². The van der Waals surface area contributed by atoms with E-state index in [0.717, 1.165) is 4.48 Å². The van der Waals surface area contributed by atoms with E-state index in [9.17, 15) is 0 Å². The van der Waals surface area contributed by atoms with Crippen molar-refractivity contribution in [3.05, 3.63) is 18.0 Å². The minimum absolute atomic E-state index is 0. The maximum absolute atomic E-state index is 3.36. The number of hydrogen-bond acceptors (Lipinski definition) is 0. The molecule has 0 N–H and O–H groups in total. The second kappa shape index (κ2) is 9.50. The zero-order valence-electron chi connectivity index (χ0n) is 3.38. The molecule has 0 fully saturated rings. The molecular formula is C3H4Br2Zn. The first kappa shape index (κ1) is 15.7. The summed E-state index contributed by atoms with van der Waals surface area (Å²) >= 11 is 2.97. The van der Waals surface area contributed by atoms with Crippen LogP contribution in [0.1, 0.15) is 0 Å². The molecule has 0 spiro atoms. The summed E-state index contributed by atoms with van der Waals surface area (Å²) < 4.78 is 0.729. The van der Waals surface area contributed by atoms with Crippen molar-refractivity contribution in [3.8, 4) is 0 Å². The molecule has 0 rings (SSSR count). The van der Waals surface area contributed by atoms with Crippen LogP contribution >= 0.6 is 15.9 Å². The molecule has 3 heteroatoms. The number of hydrogen-bond donors (Lipinski definition) is 0. The number of allylic oxidation sites excluding steroid dienone is 1. The predicted octanol–water partition coefficient (Wildman–Crippen LogP) is -1.27. The zero-order valence-corrected chi connectivity index (χ0v) is 9.52. The fraction of sp³-hybridized carbons (Fsp3) is 0. The van der Waals surface area contributed by atoms with Crippen molar-refractivity contribution in [3.63, 3.8) is 0 Å². The largest absolute Gasteiger partial charge is 2.00 e. The van der Waals surface area contributed by atoms with Gasteiger partial charge in [0.15, 0.2) is 0 Å². The average molecular weight is 265 g/mol. The van der Waals surface area contributed by atoms with Gasteiger partial charge in [-0.3, -0.25) is 0 Å². The van der Waals surface area contributed by atoms with Crippen molar-refractivity contribution in [2.75, 3.05) is 0 Å². The standard InChI is InChI=1S/C3H4Br.BrH.Zn/c1-3(2)4;;/h1-2H2;1H;/q-1;;+2/p-1. The molecule has 6 heavy (non-hydrogen) atoms. The molecule has 0 aromatic rings. The van der Waals surface area contributed by atoms with E-state index in [4.69, 9.17) is 0 Å². The molecule has 0 nitrogen and oxygen atoms in total. The van der Waals surface area contributed by atoms with E-state index in [1.165, 1.54) is 0 Å². The van der Waals surface area contributed by atoms with Gasteiger partial charge in [0, 0.05) is 0 Å². The summed E-state index contributed by atoms with van der Waals surface area (Å²) in [5.41, 5.74) is 0. The van der Waals surface area contributed by atoms with Crippen molar-refractivity contribution in [2.45, 2.75) is 0 Å². The quantitative estimate of drug-likeness (QED) is 0.378. The summed E-state index contributed by atoms with van der Waals surface area (Å²) in [6, 6.07) is 0. The van der Waals surface area contributed by atoms with Gasteiger partial charge in [-0.1, -0.05) is 15.9 Å². The van der Waals surface area contributed by atoms with E-state index in [1.54, 1.807) is 0 Å². The molecule has 0 aliphatic carbocycles. The molecule has 0 aromatic carbocycles. The van der Waals surface area contributed by atoms with Crippen LogP contribution in [0.4, 0.5) is 0 Å². The van der Waals surface area contributed by atoms with E-state index in [2.05, 4.69) is 29.4 Å². The predicted molar refractivity (Wildman–Crippen MR) is 23.4 cm³/mol. The van der Waals surface area contributed by atoms with E-state index in [0.29, 0.717) is 0 Å². The Morgan fingerprint density at radius 2 is 1.67 bits per heavy atom. The Bertz CT molecular complexity index is 31.8. The summed E-state index contributed by atoms with van der Waals surface area (Å²) in [5.74, 6) is 0. The van der Waals surface area contributed by atoms with Gasteiger partial charge >= 0.3 is 19.5 Å². The Kier molecular flexibility index (Phi) is 24.8. The molecule has 0 aromatic heterocycles. The molecule has 0 bridgehead atoms. The molecule has 0 heterocycles. The maximum Gasteiger partial charge on any atom is 2.00 e. The summed E-state index contributed by atoms with van der Waals surface area (Å²) in [5, 5.41) is 0. The van der Waals surface area contributed by atoms with Crippen LogP contribution in [-0.2, 0) is 19.5 Å². The van der Waals surface area contributed by atoms with Gasteiger partial charge in [-0.15, -0.1) is 0 Å². The molecule has 0 saturated carbocycles. The summed E-state index contributed by atoms with van der Waals surface area (Å²) in [7, 11) is 0. The molecule has 0 unspecified atom stereocenters. The van der Waals surface area contributed by atoms with Gasteiger partial charge < -0.3 is 17.0 Å². The van der Waals surface area contributed by atoms with Crippen molar-refractivity contribution in [1.82, 2.24) is 0 Å². The molecule has 0 saturated heterocycles. The van der Waals surface area contributed by atoms with Crippen molar-refractivity contribution in [1.29, 1.82) is 0 Å². The fourth-order valence-corrected chi connectivity index (χ4v) is 0. The van der Waals surface area contributed by atoms with Crippen molar-refractivity contribution >= 4 is 15.9 Å². The molecule has 0 radical (unpaired) electrons. The third-order valence-electron chi connectivity index (χ3n) is 0. The first-order valence-electron chi connectivity index (χ1n) is 0.896. The molecule has 0 aliphatic rings. The summed E-state index contributed by atoms with van der Waals surface area (Å²) in [6.45, 7) is 6.72. The molecule has 0 amide bonds. The number of halogens is 2. The minimum Gasteiger partial charge on any atom is -1.00 e. The topological polar surface area (TPSA) is 0 Å². The smallest absolute Gasteiger partial charge is 1.00 e. The van der Waals surface area contributed by atoms with Crippen LogP contribution in [-0.4, -0.2) is 0 Å². The summed E-state index contributed by atoms with van der Waals surface area (Å²) in [4.78, 5) is 0. The van der Waals surface area contributed by atoms with Crippen molar-refractivity contribution < 1.29 is 36.5 Å². The van der Waals surface area contributed by atoms with E-state index in [-0.39, 0.29) is 36.5 Å². The molecule has 32 valence electrons. The van der Waals surface area contributed by atoms with Crippen LogP contribution in [0, 0.1) is 6.92 Å². The normalized spacial score (nSPS) is 4.17. The number of rotatable bonds is 0. The van der Waals surface area contributed by atoms with Crippen LogP contribution in [0.15, 0.2) is 11.1 Å². The molecular weight excluding hydrogens is 261 g/mol. The van der Waals surface area contributed by atoms with Gasteiger partial charge in [0.25, 0.3) is 0 Å². The SMILES string of the molecule is C=C([CH2-])Br.[Br-].[Zn+2]. The first-order chi connectivity index (χ1) is 1.73. The molecule has 0 atom stereocenters. The van der Waals surface area contributed by atoms with Gasteiger partial charge in [0.05, 0.1) is 0 Å². The van der Waals surface area contributed by atoms with Crippen molar-refractivity contribution in [2.24, 2.45) is 0 Å². The van der Waals surface area contributed by atoms with Crippen LogP contribution in [0.5, 0.6) is 0 Å². The third-order valence-corrected chi connectivity index (χ3v) is 0. The monoisotopic (exact) mass is 262 g/mol. The van der Waals surface area contributed by atoms with Crippen LogP contribution in [0.3, 0.4) is 0 Å². The Balaban J connectivity index is -0.0000000450. The second-order valence-corrected chi connectivity index (χ2v) is 1.64. The average Bonchev–Trinajstić information content (AvgIpc) is 0.811. The van der Waals surface area contributed by atoms with Gasteiger partial charge in [-0.2, -0.15) is 4.48 Å². The van der Waals surface area contributed by atoms with Crippen LogP contribution < -0.4 is 17.0 Å². The Morgan fingerprint density at radius 3 is 1.67 bits per heavy atom. The van der Waals surface area contributed by atoms with Gasteiger partial charge in [-0.05, 0) is 0 Å². The second-order valence-electron chi connectivity index (χ2n) is 0.517. The molecule has 0 aliphatic heterocycles. The third kappa shape index (κ3) is 64.1.